The molecule has 3 aromatic rings. The molecule has 0 saturated carbocycles. The summed E-state index contributed by atoms with van der Waals surface area (Å²) in [7, 11) is -3.87. The second-order valence-electron chi connectivity index (χ2n) is 9.99. The zero-order chi connectivity index (χ0) is 25.1. The Morgan fingerprint density at radius 2 is 1.69 bits per heavy atom. The summed E-state index contributed by atoms with van der Waals surface area (Å²) >= 11 is 0. The van der Waals surface area contributed by atoms with Crippen molar-refractivity contribution in [2.24, 2.45) is 10.6 Å². The number of Topliss-reactive ketones (excluding diaryl/α,β-unsaturated/α-hetero) is 1. The van der Waals surface area contributed by atoms with Crippen LogP contribution in [0.3, 0.4) is 0 Å². The lowest BCUT2D eigenvalue weighted by Gasteiger charge is -2.43. The summed E-state index contributed by atoms with van der Waals surface area (Å²) in [4.78, 5) is 35.9. The van der Waals surface area contributed by atoms with Crippen molar-refractivity contribution >= 4 is 27.3 Å². The van der Waals surface area contributed by atoms with Gasteiger partial charge in [-0.1, -0.05) is 43.7 Å². The van der Waals surface area contributed by atoms with Crippen LogP contribution in [0.25, 0.3) is 0 Å². The molecule has 0 bridgehead atoms. The largest absolute Gasteiger partial charge is 0.313 e. The number of rotatable bonds is 3. The van der Waals surface area contributed by atoms with E-state index in [9.17, 15) is 18.0 Å². The number of aryl methyl sites for hydroxylation is 1. The number of nitrogens with one attached hydrogen (secondary N) is 1. The Bertz CT molecular complexity index is 1540. The molecule has 3 N–H and O–H groups in total. The SMILES string of the molecule is Cc1ccc(C2C3=C(CC(C)(C)CC3=O)N(c3ccc(S(N)(=O)=O)cc3)c3nc[nH]c(=O)c32)cc1. The fourth-order valence-corrected chi connectivity index (χ4v) is 5.61. The second kappa shape index (κ2) is 8.00. The molecule has 1 aromatic heterocycles. The number of carbonyl (C=O) groups is 1. The van der Waals surface area contributed by atoms with Gasteiger partial charge < -0.3 is 4.98 Å². The summed E-state index contributed by atoms with van der Waals surface area (Å²) in [6.07, 6.45) is 2.29. The monoisotopic (exact) mass is 490 g/mol. The first-order chi connectivity index (χ1) is 16.5. The highest BCUT2D eigenvalue weighted by Crippen LogP contribution is 2.52. The van der Waals surface area contributed by atoms with E-state index in [-0.39, 0.29) is 21.7 Å². The van der Waals surface area contributed by atoms with Gasteiger partial charge in [0.05, 0.1) is 16.8 Å². The molecule has 2 aromatic carbocycles. The first-order valence-corrected chi connectivity index (χ1v) is 12.8. The van der Waals surface area contributed by atoms with E-state index in [1.807, 2.05) is 49.9 Å². The summed E-state index contributed by atoms with van der Waals surface area (Å²) < 4.78 is 23.6. The molecule has 2 heterocycles. The van der Waals surface area contributed by atoms with Gasteiger partial charge in [0.1, 0.15) is 5.82 Å². The Morgan fingerprint density at radius 1 is 1.03 bits per heavy atom. The lowest BCUT2D eigenvalue weighted by atomic mass is 9.68. The van der Waals surface area contributed by atoms with Crippen LogP contribution < -0.4 is 15.6 Å². The average molecular weight is 491 g/mol. The van der Waals surface area contributed by atoms with Gasteiger partial charge in [0.25, 0.3) is 5.56 Å². The molecule has 0 spiro atoms. The zero-order valence-corrected chi connectivity index (χ0v) is 20.5. The Morgan fingerprint density at radius 3 is 2.31 bits per heavy atom. The van der Waals surface area contributed by atoms with Crippen LogP contribution in [-0.4, -0.2) is 24.2 Å². The Kier molecular flexibility index (Phi) is 5.30. The van der Waals surface area contributed by atoms with Crippen LogP contribution in [0, 0.1) is 12.3 Å². The quantitative estimate of drug-likeness (QED) is 0.577. The Balaban J connectivity index is 1.81. The number of aromatic nitrogens is 2. The number of hydrogen-bond donors (Lipinski definition) is 2. The first kappa shape index (κ1) is 23.2. The molecule has 1 aliphatic heterocycles. The standard InChI is InChI=1S/C26H26N4O4S/c1-15-4-6-16(7-5-15)21-22-19(12-26(2,3)13-20(22)31)30(24-23(21)25(32)29-14-28-24)17-8-10-18(11-9-17)35(27,33)34/h4-11,14,21H,12-13H2,1-3H3,(H2,27,33,34)(H,28,29,32). The number of allylic oxidation sites excluding steroid dienone is 2. The molecule has 0 amide bonds. The van der Waals surface area contributed by atoms with Crippen molar-refractivity contribution in [2.45, 2.75) is 44.4 Å². The molecule has 2 aliphatic rings. The smallest absolute Gasteiger partial charge is 0.257 e. The third-order valence-electron chi connectivity index (χ3n) is 6.66. The number of sulfonamides is 1. The summed E-state index contributed by atoms with van der Waals surface area (Å²) in [5.41, 5.74) is 3.63. The van der Waals surface area contributed by atoms with Gasteiger partial charge in [-0.3, -0.25) is 14.5 Å². The van der Waals surface area contributed by atoms with Gasteiger partial charge in [-0.2, -0.15) is 0 Å². The van der Waals surface area contributed by atoms with Crippen molar-refractivity contribution in [1.29, 1.82) is 0 Å². The highest BCUT2D eigenvalue weighted by molar-refractivity contribution is 7.89. The minimum Gasteiger partial charge on any atom is -0.313 e. The number of fused-ring (bicyclic) bond motifs is 1. The molecule has 1 aliphatic carbocycles. The molecule has 180 valence electrons. The summed E-state index contributed by atoms with van der Waals surface area (Å²) in [5.74, 6) is -0.143. The van der Waals surface area contributed by atoms with Crippen LogP contribution >= 0.6 is 0 Å². The van der Waals surface area contributed by atoms with E-state index in [2.05, 4.69) is 9.97 Å². The number of aromatic amines is 1. The number of primary sulfonamides is 1. The van der Waals surface area contributed by atoms with Crippen LogP contribution in [0.2, 0.25) is 0 Å². The van der Waals surface area contributed by atoms with E-state index in [0.29, 0.717) is 35.5 Å². The van der Waals surface area contributed by atoms with E-state index >= 15 is 0 Å². The molecule has 8 nitrogen and oxygen atoms in total. The number of ketones is 1. The first-order valence-electron chi connectivity index (χ1n) is 11.3. The molecule has 1 atom stereocenters. The zero-order valence-electron chi connectivity index (χ0n) is 19.7. The molecule has 1 unspecified atom stereocenters. The molecule has 35 heavy (non-hydrogen) atoms. The minimum atomic E-state index is -3.87. The molecule has 9 heteroatoms. The van der Waals surface area contributed by atoms with Crippen molar-refractivity contribution in [2.75, 3.05) is 4.90 Å². The van der Waals surface area contributed by atoms with E-state index in [1.165, 1.54) is 18.5 Å². The predicted molar refractivity (Wildman–Crippen MR) is 133 cm³/mol. The summed E-state index contributed by atoms with van der Waals surface area (Å²) in [6.45, 7) is 6.07. The Hall–Kier alpha value is -3.56. The van der Waals surface area contributed by atoms with Crippen molar-refractivity contribution in [3.05, 3.63) is 93.2 Å². The topological polar surface area (TPSA) is 126 Å². The number of nitrogens with zero attached hydrogens (tertiary/aromatic N) is 2. The maximum absolute atomic E-state index is 13.7. The van der Waals surface area contributed by atoms with E-state index in [1.54, 1.807) is 12.1 Å². The molecule has 0 saturated heterocycles. The fraction of sp³-hybridized carbons (Fsp3) is 0.269. The van der Waals surface area contributed by atoms with E-state index in [0.717, 1.165) is 16.8 Å². The van der Waals surface area contributed by atoms with Crippen molar-refractivity contribution in [3.8, 4) is 0 Å². The average Bonchev–Trinajstić information content (AvgIpc) is 2.77. The maximum atomic E-state index is 13.7. The van der Waals surface area contributed by atoms with E-state index < -0.39 is 15.9 Å². The molecular weight excluding hydrogens is 464 g/mol. The van der Waals surface area contributed by atoms with Crippen molar-refractivity contribution < 1.29 is 13.2 Å². The summed E-state index contributed by atoms with van der Waals surface area (Å²) in [5, 5.41) is 5.28. The van der Waals surface area contributed by atoms with E-state index in [4.69, 9.17) is 5.14 Å². The Labute approximate surface area is 203 Å². The third kappa shape index (κ3) is 4.00. The number of benzene rings is 2. The summed E-state index contributed by atoms with van der Waals surface area (Å²) in [6, 6.07) is 13.9. The number of nitrogens with two attached hydrogens (primary N) is 1. The third-order valence-corrected chi connectivity index (χ3v) is 7.59. The predicted octanol–water partition coefficient (Wildman–Crippen LogP) is 3.65. The maximum Gasteiger partial charge on any atom is 0.257 e. The van der Waals surface area contributed by atoms with Crippen LogP contribution in [0.4, 0.5) is 11.5 Å². The van der Waals surface area contributed by atoms with Gasteiger partial charge in [-0.05, 0) is 48.6 Å². The van der Waals surface area contributed by atoms with Gasteiger partial charge in [0.2, 0.25) is 10.0 Å². The van der Waals surface area contributed by atoms with Crippen LogP contribution in [-0.2, 0) is 14.8 Å². The van der Waals surface area contributed by atoms with Gasteiger partial charge in [-0.25, -0.2) is 18.5 Å². The lowest BCUT2D eigenvalue weighted by molar-refractivity contribution is -0.118. The molecule has 5 rings (SSSR count). The molecular formula is C26H26N4O4S. The number of hydrogen-bond acceptors (Lipinski definition) is 6. The van der Waals surface area contributed by atoms with Crippen LogP contribution in [0.5, 0.6) is 0 Å². The van der Waals surface area contributed by atoms with Gasteiger partial charge in [0.15, 0.2) is 5.78 Å². The fourth-order valence-electron chi connectivity index (χ4n) is 5.10. The minimum absolute atomic E-state index is 0.0121. The van der Waals surface area contributed by atoms with Crippen LogP contribution in [0.1, 0.15) is 49.3 Å². The van der Waals surface area contributed by atoms with Gasteiger partial charge in [0, 0.05) is 29.3 Å². The lowest BCUT2D eigenvalue weighted by Crippen LogP contribution is -2.40. The van der Waals surface area contributed by atoms with Crippen LogP contribution in [0.15, 0.2) is 75.8 Å². The highest BCUT2D eigenvalue weighted by Gasteiger charge is 2.45. The van der Waals surface area contributed by atoms with Crippen molar-refractivity contribution in [3.63, 3.8) is 0 Å². The molecule has 0 radical (unpaired) electrons. The number of H-pyrrole nitrogens is 1. The molecule has 0 fully saturated rings. The van der Waals surface area contributed by atoms with Gasteiger partial charge in [-0.15, -0.1) is 0 Å². The second-order valence-corrected chi connectivity index (χ2v) is 11.5. The highest BCUT2D eigenvalue weighted by atomic mass is 32.2. The van der Waals surface area contributed by atoms with Gasteiger partial charge >= 0.3 is 0 Å². The van der Waals surface area contributed by atoms with Crippen molar-refractivity contribution in [1.82, 2.24) is 9.97 Å². The number of carbonyl (C=O) groups excluding carboxylic acids is 1. The number of anilines is 2. The normalized spacial score (nSPS) is 19.4.